The number of nitrogens with one attached hydrogen (secondary N) is 1. The molecule has 110 valence electrons. The summed E-state index contributed by atoms with van der Waals surface area (Å²) in [6.07, 6.45) is 1.68. The normalized spacial score (nSPS) is 10.4. The van der Waals surface area contributed by atoms with E-state index in [2.05, 4.69) is 5.32 Å². The van der Waals surface area contributed by atoms with Crippen molar-refractivity contribution >= 4 is 29.3 Å². The van der Waals surface area contributed by atoms with Crippen LogP contribution in [0.2, 0.25) is 5.02 Å². The number of anilines is 1. The quantitative estimate of drug-likeness (QED) is 0.871. The number of carboxylic acids is 1. The van der Waals surface area contributed by atoms with Gasteiger partial charge in [0.25, 0.3) is 0 Å². The Morgan fingerprint density at radius 3 is 2.45 bits per heavy atom. The lowest BCUT2D eigenvalue weighted by atomic mass is 10.1. The van der Waals surface area contributed by atoms with E-state index in [0.717, 1.165) is 12.8 Å². The maximum absolute atomic E-state index is 12.1. The number of amides is 2. The number of hydrogen-bond donors (Lipinski definition) is 2. The van der Waals surface area contributed by atoms with E-state index in [1.165, 1.54) is 12.1 Å². The average molecular weight is 299 g/mol. The van der Waals surface area contributed by atoms with Crippen molar-refractivity contribution in [3.8, 4) is 0 Å². The highest BCUT2D eigenvalue weighted by Gasteiger charge is 2.19. The minimum atomic E-state index is -1.13. The molecular weight excluding hydrogens is 280 g/mol. The molecule has 0 atom stereocenters. The Bertz CT molecular complexity index is 501. The molecule has 0 aromatic heterocycles. The summed E-state index contributed by atoms with van der Waals surface area (Å²) >= 11 is 5.77. The van der Waals surface area contributed by atoms with Gasteiger partial charge >= 0.3 is 12.0 Å². The Labute approximate surface area is 123 Å². The van der Waals surface area contributed by atoms with Gasteiger partial charge in [-0.3, -0.25) is 0 Å². The number of aromatic carboxylic acids is 1. The van der Waals surface area contributed by atoms with Gasteiger partial charge in [-0.05, 0) is 31.0 Å². The van der Waals surface area contributed by atoms with Gasteiger partial charge in [0.15, 0.2) is 0 Å². The van der Waals surface area contributed by atoms with Crippen molar-refractivity contribution in [2.45, 2.75) is 32.7 Å². The Morgan fingerprint density at radius 1 is 1.35 bits per heavy atom. The van der Waals surface area contributed by atoms with Crippen LogP contribution in [0.15, 0.2) is 18.2 Å². The van der Waals surface area contributed by atoms with E-state index in [0.29, 0.717) is 5.02 Å². The molecule has 1 rings (SSSR count). The number of hydrogen-bond acceptors (Lipinski definition) is 2. The number of benzene rings is 1. The summed E-state index contributed by atoms with van der Waals surface area (Å²) in [6, 6.07) is 4.14. The Balaban J connectivity index is 2.93. The smallest absolute Gasteiger partial charge is 0.337 e. The second-order valence-electron chi connectivity index (χ2n) is 4.51. The van der Waals surface area contributed by atoms with Crippen LogP contribution in [-0.4, -0.2) is 35.1 Å². The number of urea groups is 1. The van der Waals surface area contributed by atoms with E-state index in [4.69, 9.17) is 16.7 Å². The first-order valence-corrected chi connectivity index (χ1v) is 6.85. The molecule has 20 heavy (non-hydrogen) atoms. The van der Waals surface area contributed by atoms with E-state index < -0.39 is 5.97 Å². The van der Waals surface area contributed by atoms with E-state index >= 15 is 0 Å². The molecule has 6 heteroatoms. The van der Waals surface area contributed by atoms with Gasteiger partial charge in [0.1, 0.15) is 0 Å². The lowest BCUT2D eigenvalue weighted by molar-refractivity contribution is 0.0698. The zero-order chi connectivity index (χ0) is 15.3. The monoisotopic (exact) mass is 298 g/mol. The molecule has 2 amide bonds. The fourth-order valence-corrected chi connectivity index (χ4v) is 2.18. The topological polar surface area (TPSA) is 69.6 Å². The zero-order valence-corrected chi connectivity index (χ0v) is 12.6. The summed E-state index contributed by atoms with van der Waals surface area (Å²) in [5, 5.41) is 12.0. The van der Waals surface area contributed by atoms with Crippen molar-refractivity contribution in [1.82, 2.24) is 4.90 Å². The van der Waals surface area contributed by atoms with Gasteiger partial charge in [-0.15, -0.1) is 0 Å². The summed E-state index contributed by atoms with van der Waals surface area (Å²) in [6.45, 7) is 4.01. The highest BCUT2D eigenvalue weighted by molar-refractivity contribution is 6.31. The molecule has 0 saturated heterocycles. The number of carbonyl (C=O) groups excluding carboxylic acids is 1. The molecule has 0 aliphatic heterocycles. The maximum atomic E-state index is 12.1. The first kappa shape index (κ1) is 16.3. The molecule has 0 saturated carbocycles. The third-order valence-corrected chi connectivity index (χ3v) is 3.50. The Morgan fingerprint density at radius 2 is 1.95 bits per heavy atom. The van der Waals surface area contributed by atoms with Crippen LogP contribution in [-0.2, 0) is 0 Å². The second-order valence-corrected chi connectivity index (χ2v) is 4.94. The molecule has 0 aliphatic rings. The predicted molar refractivity (Wildman–Crippen MR) is 79.6 cm³/mol. The number of carboxylic acid groups (broad SMARTS) is 1. The summed E-state index contributed by atoms with van der Waals surface area (Å²) < 4.78 is 0. The van der Waals surface area contributed by atoms with Crippen molar-refractivity contribution in [1.29, 1.82) is 0 Å². The Hall–Kier alpha value is -1.75. The van der Waals surface area contributed by atoms with Gasteiger partial charge in [-0.2, -0.15) is 0 Å². The molecule has 0 spiro atoms. The molecule has 2 N–H and O–H groups in total. The van der Waals surface area contributed by atoms with Gasteiger partial charge in [0.2, 0.25) is 0 Å². The minimum Gasteiger partial charge on any atom is -0.478 e. The third kappa shape index (κ3) is 3.87. The molecule has 0 bridgehead atoms. The van der Waals surface area contributed by atoms with Crippen molar-refractivity contribution < 1.29 is 14.7 Å². The minimum absolute atomic E-state index is 0.0243. The van der Waals surface area contributed by atoms with E-state index in [-0.39, 0.29) is 23.3 Å². The van der Waals surface area contributed by atoms with Crippen molar-refractivity contribution in [3.05, 3.63) is 28.8 Å². The molecule has 1 aromatic rings. The molecule has 0 unspecified atom stereocenters. The van der Waals surface area contributed by atoms with Gasteiger partial charge in [0, 0.05) is 18.1 Å². The first-order valence-electron chi connectivity index (χ1n) is 6.47. The van der Waals surface area contributed by atoms with Crippen molar-refractivity contribution in [2.75, 3.05) is 12.4 Å². The van der Waals surface area contributed by atoms with Crippen LogP contribution in [0.25, 0.3) is 0 Å². The molecule has 0 fully saturated rings. The first-order chi connectivity index (χ1) is 9.40. The summed E-state index contributed by atoms with van der Waals surface area (Å²) in [5.41, 5.74) is 0.216. The third-order valence-electron chi connectivity index (χ3n) is 3.26. The summed E-state index contributed by atoms with van der Waals surface area (Å²) in [7, 11) is 1.70. The number of rotatable bonds is 5. The standard InChI is InChI=1S/C14H19ClN2O3/c1-4-10(5-2)17(3)14(20)16-12-7-6-9(15)8-11(12)13(18)19/h6-8,10H,4-5H2,1-3H3,(H,16,20)(H,18,19). The molecule has 1 aromatic carbocycles. The van der Waals surface area contributed by atoms with Gasteiger partial charge in [-0.25, -0.2) is 9.59 Å². The molecule has 0 radical (unpaired) electrons. The van der Waals surface area contributed by atoms with Crippen LogP contribution in [0.1, 0.15) is 37.0 Å². The fraction of sp³-hybridized carbons (Fsp3) is 0.429. The molecular formula is C14H19ClN2O3. The largest absolute Gasteiger partial charge is 0.478 e. The van der Waals surface area contributed by atoms with E-state index in [1.807, 2.05) is 13.8 Å². The lowest BCUT2D eigenvalue weighted by Gasteiger charge is -2.26. The highest BCUT2D eigenvalue weighted by atomic mass is 35.5. The summed E-state index contributed by atoms with van der Waals surface area (Å²) in [5.74, 6) is -1.13. The van der Waals surface area contributed by atoms with Crippen LogP contribution in [0.3, 0.4) is 0 Å². The van der Waals surface area contributed by atoms with E-state index in [1.54, 1.807) is 18.0 Å². The van der Waals surface area contributed by atoms with Crippen molar-refractivity contribution in [2.24, 2.45) is 0 Å². The van der Waals surface area contributed by atoms with Gasteiger partial charge in [0.05, 0.1) is 11.3 Å². The van der Waals surface area contributed by atoms with E-state index in [9.17, 15) is 9.59 Å². The molecule has 0 heterocycles. The van der Waals surface area contributed by atoms with Crippen LogP contribution in [0, 0.1) is 0 Å². The maximum Gasteiger partial charge on any atom is 0.337 e. The highest BCUT2D eigenvalue weighted by Crippen LogP contribution is 2.21. The van der Waals surface area contributed by atoms with Crippen LogP contribution < -0.4 is 5.32 Å². The van der Waals surface area contributed by atoms with Crippen LogP contribution in [0.5, 0.6) is 0 Å². The van der Waals surface area contributed by atoms with Gasteiger partial charge < -0.3 is 15.3 Å². The number of halogens is 1. The predicted octanol–water partition coefficient (Wildman–Crippen LogP) is 3.69. The van der Waals surface area contributed by atoms with Crippen LogP contribution in [0.4, 0.5) is 10.5 Å². The number of carbonyl (C=O) groups is 2. The molecule has 5 nitrogen and oxygen atoms in total. The average Bonchev–Trinajstić information content (AvgIpc) is 2.41. The molecule has 0 aliphatic carbocycles. The SMILES string of the molecule is CCC(CC)N(C)C(=O)Nc1ccc(Cl)cc1C(=O)O. The van der Waals surface area contributed by atoms with Crippen molar-refractivity contribution in [3.63, 3.8) is 0 Å². The summed E-state index contributed by atoms with van der Waals surface area (Å²) in [4.78, 5) is 24.9. The lowest BCUT2D eigenvalue weighted by Crippen LogP contribution is -2.39. The number of nitrogens with zero attached hydrogens (tertiary/aromatic N) is 1. The fourth-order valence-electron chi connectivity index (χ4n) is 2.01. The Kier molecular flexibility index (Phi) is 5.82. The second kappa shape index (κ2) is 7.14. The van der Waals surface area contributed by atoms with Gasteiger partial charge in [-0.1, -0.05) is 25.4 Å². The van der Waals surface area contributed by atoms with Crippen LogP contribution >= 0.6 is 11.6 Å². The zero-order valence-electron chi connectivity index (χ0n) is 11.8.